The van der Waals surface area contributed by atoms with Crippen LogP contribution in [-0.4, -0.2) is 37.4 Å². The summed E-state index contributed by atoms with van der Waals surface area (Å²) < 4.78 is 25.4. The summed E-state index contributed by atoms with van der Waals surface area (Å²) in [6.45, 7) is 5.61. The Labute approximate surface area is 148 Å². The van der Waals surface area contributed by atoms with Crippen molar-refractivity contribution >= 4 is 39.4 Å². The highest BCUT2D eigenvalue weighted by Crippen LogP contribution is 2.50. The van der Waals surface area contributed by atoms with E-state index in [2.05, 4.69) is 9.68 Å². The second-order valence-corrected chi connectivity index (χ2v) is 7.22. The van der Waals surface area contributed by atoms with Gasteiger partial charge in [-0.3, -0.25) is 9.69 Å². The van der Waals surface area contributed by atoms with Gasteiger partial charge >= 0.3 is 10.5 Å². The van der Waals surface area contributed by atoms with Gasteiger partial charge in [0.15, 0.2) is 5.11 Å². The van der Waals surface area contributed by atoms with E-state index in [1.165, 1.54) is 0 Å². The smallest absolute Gasteiger partial charge is 0.316 e. The average Bonchev–Trinajstić information content (AvgIpc) is 3.30. The highest BCUT2D eigenvalue weighted by Gasteiger charge is 2.54. The van der Waals surface area contributed by atoms with E-state index >= 15 is 0 Å². The Morgan fingerprint density at radius 1 is 1.38 bits per heavy atom. The van der Waals surface area contributed by atoms with Gasteiger partial charge in [-0.1, -0.05) is 12.1 Å². The molecule has 0 unspecified atom stereocenters. The lowest BCUT2D eigenvalue weighted by molar-refractivity contribution is -0.131. The number of aryl methyl sites for hydroxylation is 1. The van der Waals surface area contributed by atoms with Crippen molar-refractivity contribution < 1.29 is 13.2 Å². The fraction of sp³-hybridized carbons (Fsp3) is 0.500. The van der Waals surface area contributed by atoms with Crippen LogP contribution < -0.4 is 5.32 Å². The molecule has 130 valence electrons. The van der Waals surface area contributed by atoms with Crippen molar-refractivity contribution in [3.63, 3.8) is 0 Å². The molecule has 0 atom stereocenters. The van der Waals surface area contributed by atoms with Gasteiger partial charge in [0.05, 0.1) is 11.1 Å². The zero-order chi connectivity index (χ0) is 18.1. The molecular weight excluding hydrogens is 346 g/mol. The quantitative estimate of drug-likeness (QED) is 0.827. The van der Waals surface area contributed by atoms with Crippen molar-refractivity contribution in [3.8, 4) is 0 Å². The highest BCUT2D eigenvalue weighted by atomic mass is 32.2. The van der Waals surface area contributed by atoms with Crippen LogP contribution in [-0.2, 0) is 20.7 Å². The first-order valence-electron chi connectivity index (χ1n) is 7.70. The molecule has 0 aliphatic heterocycles. The molecule has 0 bridgehead atoms. The van der Waals surface area contributed by atoms with Crippen LogP contribution in [0, 0.1) is 6.92 Å². The number of carbonyl (C=O) groups is 1. The Hall–Kier alpha value is -1.80. The van der Waals surface area contributed by atoms with Gasteiger partial charge in [0.2, 0.25) is 5.91 Å². The van der Waals surface area contributed by atoms with Crippen molar-refractivity contribution in [2.45, 2.75) is 45.1 Å². The number of benzene rings is 1. The third-order valence-electron chi connectivity index (χ3n) is 4.26. The summed E-state index contributed by atoms with van der Waals surface area (Å²) in [6, 6.07) is 5.29. The lowest BCUT2D eigenvalue weighted by atomic mass is 9.92. The molecule has 1 saturated carbocycles. The molecule has 1 amide bonds. The molecule has 0 saturated heterocycles. The maximum absolute atomic E-state index is 13.1. The van der Waals surface area contributed by atoms with E-state index in [0.29, 0.717) is 23.6 Å². The maximum atomic E-state index is 13.1. The van der Waals surface area contributed by atoms with Crippen molar-refractivity contribution in [3.05, 3.63) is 29.3 Å². The number of nitrogens with zero attached hydrogens (tertiary/aromatic N) is 2. The summed E-state index contributed by atoms with van der Waals surface area (Å²) in [7, 11) is -0.837. The third kappa shape index (κ3) is 3.49. The molecule has 1 fully saturated rings. The number of thiocarbonyl (C=S) groups is 1. The largest absolute Gasteiger partial charge is 0.365 e. The Kier molecular flexibility index (Phi) is 5.39. The SMILES string of the molecule is CNC(=S)N(C(=O)C1(c2ccc(C)c(N=S(=O)=O)c2)CC1)C(C)C. The molecule has 0 spiro atoms. The summed E-state index contributed by atoms with van der Waals surface area (Å²) in [6.07, 6.45) is 1.43. The van der Waals surface area contributed by atoms with Crippen LogP contribution in [0.15, 0.2) is 22.6 Å². The maximum Gasteiger partial charge on any atom is 0.316 e. The molecule has 1 aromatic carbocycles. The lowest BCUT2D eigenvalue weighted by Crippen LogP contribution is -2.50. The monoisotopic (exact) mass is 367 g/mol. The number of carbonyl (C=O) groups excluding carboxylic acids is 1. The van der Waals surface area contributed by atoms with Crippen molar-refractivity contribution in [2.24, 2.45) is 4.36 Å². The minimum atomic E-state index is -2.53. The average molecular weight is 367 g/mol. The second kappa shape index (κ2) is 6.98. The molecule has 1 N–H and O–H groups in total. The van der Waals surface area contributed by atoms with Gasteiger partial charge in [0, 0.05) is 13.1 Å². The lowest BCUT2D eigenvalue weighted by Gasteiger charge is -2.31. The van der Waals surface area contributed by atoms with Crippen LogP contribution >= 0.6 is 12.2 Å². The van der Waals surface area contributed by atoms with Crippen LogP contribution in [0.3, 0.4) is 0 Å². The fourth-order valence-corrected chi connectivity index (χ4v) is 3.40. The number of hydrogen-bond acceptors (Lipinski definition) is 5. The zero-order valence-corrected chi connectivity index (χ0v) is 15.8. The molecule has 0 aromatic heterocycles. The Bertz CT molecular complexity index is 804. The molecule has 0 heterocycles. The zero-order valence-electron chi connectivity index (χ0n) is 14.2. The van der Waals surface area contributed by atoms with E-state index < -0.39 is 15.9 Å². The van der Waals surface area contributed by atoms with Crippen LogP contribution in [0.4, 0.5) is 5.69 Å². The van der Waals surface area contributed by atoms with Gasteiger partial charge in [-0.15, -0.1) is 4.36 Å². The van der Waals surface area contributed by atoms with Gasteiger partial charge in [0.25, 0.3) is 0 Å². The first-order chi connectivity index (χ1) is 11.2. The molecule has 1 aromatic rings. The van der Waals surface area contributed by atoms with Crippen molar-refractivity contribution in [1.29, 1.82) is 0 Å². The molecule has 1 aliphatic carbocycles. The third-order valence-corrected chi connectivity index (χ3v) is 5.01. The number of amides is 1. The normalized spacial score (nSPS) is 14.9. The van der Waals surface area contributed by atoms with Crippen LogP contribution in [0.5, 0.6) is 0 Å². The first kappa shape index (κ1) is 18.5. The van der Waals surface area contributed by atoms with E-state index in [9.17, 15) is 13.2 Å². The molecule has 24 heavy (non-hydrogen) atoms. The molecule has 0 radical (unpaired) electrons. The summed E-state index contributed by atoms with van der Waals surface area (Å²) in [4.78, 5) is 14.7. The van der Waals surface area contributed by atoms with Gasteiger partial charge in [-0.2, -0.15) is 8.42 Å². The van der Waals surface area contributed by atoms with Crippen LogP contribution in [0.2, 0.25) is 0 Å². The van der Waals surface area contributed by atoms with Crippen LogP contribution in [0.1, 0.15) is 37.8 Å². The number of rotatable bonds is 4. The Morgan fingerprint density at radius 3 is 2.46 bits per heavy atom. The standard InChI is InChI=1S/C16H21N3O3S2/c1-10(2)19(15(23)17-4)14(20)16(7-8-16)12-6-5-11(3)13(9-12)18-24(21)22/h5-6,9-10H,7-8H2,1-4H3,(H,17,23). The predicted octanol–water partition coefficient (Wildman–Crippen LogP) is 2.46. The van der Waals surface area contributed by atoms with E-state index in [-0.39, 0.29) is 11.9 Å². The second-order valence-electron chi connectivity index (χ2n) is 6.22. The fourth-order valence-electron chi connectivity index (χ4n) is 2.75. The van der Waals surface area contributed by atoms with Gasteiger partial charge in [-0.05, 0) is 63.0 Å². The Morgan fingerprint density at radius 2 is 2.00 bits per heavy atom. The van der Waals surface area contributed by atoms with E-state index in [4.69, 9.17) is 12.2 Å². The first-order valence-corrected chi connectivity index (χ1v) is 9.14. The summed E-state index contributed by atoms with van der Waals surface area (Å²) in [5, 5.41) is 3.25. The Balaban J connectivity index is 2.46. The molecule has 8 heteroatoms. The van der Waals surface area contributed by atoms with Gasteiger partial charge in [-0.25, -0.2) is 0 Å². The van der Waals surface area contributed by atoms with Gasteiger partial charge < -0.3 is 5.32 Å². The number of nitrogens with one attached hydrogen (secondary N) is 1. The van der Waals surface area contributed by atoms with E-state index in [0.717, 1.165) is 11.1 Å². The van der Waals surface area contributed by atoms with Crippen molar-refractivity contribution in [1.82, 2.24) is 10.2 Å². The molecule has 6 nitrogen and oxygen atoms in total. The van der Waals surface area contributed by atoms with Crippen molar-refractivity contribution in [2.75, 3.05) is 7.05 Å². The topological polar surface area (TPSA) is 78.8 Å². The van der Waals surface area contributed by atoms with E-state index in [1.807, 2.05) is 19.9 Å². The summed E-state index contributed by atoms with van der Waals surface area (Å²) >= 11 is 5.27. The molecular formula is C16H21N3O3S2. The molecule has 1 aliphatic rings. The van der Waals surface area contributed by atoms with Gasteiger partial charge in [0.1, 0.15) is 0 Å². The predicted molar refractivity (Wildman–Crippen MR) is 96.7 cm³/mol. The minimum absolute atomic E-state index is 0.0603. The summed E-state index contributed by atoms with van der Waals surface area (Å²) in [5.74, 6) is -0.0603. The summed E-state index contributed by atoms with van der Waals surface area (Å²) in [5.41, 5.74) is 1.25. The van der Waals surface area contributed by atoms with Crippen LogP contribution in [0.25, 0.3) is 0 Å². The number of hydrogen-bond donors (Lipinski definition) is 1. The minimum Gasteiger partial charge on any atom is -0.365 e. The highest BCUT2D eigenvalue weighted by molar-refractivity contribution is 7.80. The van der Waals surface area contributed by atoms with E-state index in [1.54, 1.807) is 31.0 Å². The molecule has 2 rings (SSSR count).